The number of nitrogens with two attached hydrogens (primary N) is 1. The minimum absolute atomic E-state index is 0.0426. The number of likely N-dealkylation sites (tertiary alicyclic amines) is 1. The highest BCUT2D eigenvalue weighted by Crippen LogP contribution is 2.46. The van der Waals surface area contributed by atoms with Crippen molar-refractivity contribution in [3.05, 3.63) is 0 Å². The zero-order chi connectivity index (χ0) is 13.3. The van der Waals surface area contributed by atoms with Crippen molar-refractivity contribution in [3.63, 3.8) is 0 Å². The average Bonchev–Trinajstić information content (AvgIpc) is 3.14. The molecule has 2 unspecified atom stereocenters. The van der Waals surface area contributed by atoms with E-state index in [1.807, 2.05) is 0 Å². The first-order valence-corrected chi connectivity index (χ1v) is 6.49. The lowest BCUT2D eigenvalue weighted by molar-refractivity contribution is -0.125. The summed E-state index contributed by atoms with van der Waals surface area (Å²) in [5.41, 5.74) is 4.86. The standard InChI is InChI=1S/C12H22N4O2/c1-8-7-9(3-6-16(8)2)14-11(17)12(4-5-12)10(13)15-18/h8-9,18H,3-7H2,1-2H3,(H2,13,15)(H,14,17). The fourth-order valence-electron chi connectivity index (χ4n) is 2.56. The molecule has 1 saturated carbocycles. The van der Waals surface area contributed by atoms with Gasteiger partial charge in [0.2, 0.25) is 5.91 Å². The maximum Gasteiger partial charge on any atom is 0.234 e. The van der Waals surface area contributed by atoms with Crippen molar-refractivity contribution in [1.29, 1.82) is 0 Å². The van der Waals surface area contributed by atoms with Gasteiger partial charge in [-0.15, -0.1) is 0 Å². The van der Waals surface area contributed by atoms with Crippen LogP contribution in [0.5, 0.6) is 0 Å². The van der Waals surface area contributed by atoms with Crippen molar-refractivity contribution in [2.75, 3.05) is 13.6 Å². The molecule has 0 bridgehead atoms. The minimum atomic E-state index is -0.735. The Morgan fingerprint density at radius 1 is 1.56 bits per heavy atom. The van der Waals surface area contributed by atoms with Crippen LogP contribution in [0.4, 0.5) is 0 Å². The van der Waals surface area contributed by atoms with Crippen LogP contribution in [-0.4, -0.2) is 47.5 Å². The first kappa shape index (κ1) is 13.1. The molecule has 0 spiro atoms. The molecule has 0 aromatic heterocycles. The van der Waals surface area contributed by atoms with Gasteiger partial charge >= 0.3 is 0 Å². The molecule has 2 atom stereocenters. The molecule has 4 N–H and O–H groups in total. The molecule has 1 saturated heterocycles. The second kappa shape index (κ2) is 4.76. The Balaban J connectivity index is 1.93. The number of piperidine rings is 1. The van der Waals surface area contributed by atoms with Gasteiger partial charge in [0.1, 0.15) is 5.41 Å². The SMILES string of the molecule is CC1CC(NC(=O)C2(C(N)=NO)CC2)CCN1C. The van der Waals surface area contributed by atoms with Gasteiger partial charge in [0, 0.05) is 18.6 Å². The van der Waals surface area contributed by atoms with E-state index in [9.17, 15) is 4.79 Å². The lowest BCUT2D eigenvalue weighted by Gasteiger charge is -2.35. The highest BCUT2D eigenvalue weighted by atomic mass is 16.4. The molecule has 1 amide bonds. The van der Waals surface area contributed by atoms with Crippen molar-refractivity contribution in [1.82, 2.24) is 10.2 Å². The molecule has 6 nitrogen and oxygen atoms in total. The van der Waals surface area contributed by atoms with Crippen LogP contribution in [0.1, 0.15) is 32.6 Å². The Bertz CT molecular complexity index is 365. The number of carbonyl (C=O) groups excluding carboxylic acids is 1. The zero-order valence-corrected chi connectivity index (χ0v) is 11.0. The van der Waals surface area contributed by atoms with Gasteiger partial charge in [0.25, 0.3) is 0 Å². The first-order chi connectivity index (χ1) is 8.49. The smallest absolute Gasteiger partial charge is 0.234 e. The monoisotopic (exact) mass is 254 g/mol. The third kappa shape index (κ3) is 2.29. The summed E-state index contributed by atoms with van der Waals surface area (Å²) >= 11 is 0. The number of nitrogens with zero attached hydrogens (tertiary/aromatic N) is 2. The van der Waals surface area contributed by atoms with Crippen molar-refractivity contribution in [2.24, 2.45) is 16.3 Å². The van der Waals surface area contributed by atoms with Crippen molar-refractivity contribution < 1.29 is 10.0 Å². The van der Waals surface area contributed by atoms with Crippen LogP contribution in [-0.2, 0) is 4.79 Å². The van der Waals surface area contributed by atoms with Gasteiger partial charge in [-0.3, -0.25) is 4.79 Å². The number of rotatable bonds is 3. The first-order valence-electron chi connectivity index (χ1n) is 6.49. The highest BCUT2D eigenvalue weighted by molar-refractivity contribution is 6.09. The maximum absolute atomic E-state index is 12.2. The van der Waals surface area contributed by atoms with E-state index < -0.39 is 5.41 Å². The van der Waals surface area contributed by atoms with Gasteiger partial charge in [-0.05, 0) is 39.7 Å². The van der Waals surface area contributed by atoms with Gasteiger partial charge in [0.05, 0.1) is 0 Å². The zero-order valence-electron chi connectivity index (χ0n) is 11.0. The van der Waals surface area contributed by atoms with E-state index in [2.05, 4.69) is 29.3 Å². The van der Waals surface area contributed by atoms with Crippen LogP contribution in [0.3, 0.4) is 0 Å². The van der Waals surface area contributed by atoms with Gasteiger partial charge in [-0.25, -0.2) is 0 Å². The van der Waals surface area contributed by atoms with E-state index in [1.54, 1.807) is 0 Å². The van der Waals surface area contributed by atoms with Crippen LogP contribution >= 0.6 is 0 Å². The minimum Gasteiger partial charge on any atom is -0.409 e. The highest BCUT2D eigenvalue weighted by Gasteiger charge is 2.54. The number of hydrogen-bond acceptors (Lipinski definition) is 4. The van der Waals surface area contributed by atoms with E-state index in [0.717, 1.165) is 19.4 Å². The second-order valence-electron chi connectivity index (χ2n) is 5.59. The van der Waals surface area contributed by atoms with Crippen molar-refractivity contribution >= 4 is 11.7 Å². The summed E-state index contributed by atoms with van der Waals surface area (Å²) in [5, 5.41) is 14.8. The fraction of sp³-hybridized carbons (Fsp3) is 0.833. The van der Waals surface area contributed by atoms with Gasteiger partial charge in [0.15, 0.2) is 5.84 Å². The quantitative estimate of drug-likeness (QED) is 0.288. The normalized spacial score (nSPS) is 32.0. The summed E-state index contributed by atoms with van der Waals surface area (Å²) in [6, 6.07) is 0.677. The Morgan fingerprint density at radius 3 is 2.72 bits per heavy atom. The number of hydrogen-bond donors (Lipinski definition) is 3. The number of nitrogens with one attached hydrogen (secondary N) is 1. The molecule has 0 aromatic carbocycles. The Labute approximate surface area is 107 Å². The summed E-state index contributed by atoms with van der Waals surface area (Å²) in [4.78, 5) is 14.5. The molecule has 18 heavy (non-hydrogen) atoms. The summed E-state index contributed by atoms with van der Waals surface area (Å²) in [6.07, 6.45) is 3.27. The fourth-order valence-corrected chi connectivity index (χ4v) is 2.56. The average molecular weight is 254 g/mol. The molecular weight excluding hydrogens is 232 g/mol. The maximum atomic E-state index is 12.2. The van der Waals surface area contributed by atoms with E-state index in [0.29, 0.717) is 18.9 Å². The second-order valence-corrected chi connectivity index (χ2v) is 5.59. The molecule has 0 radical (unpaired) electrons. The molecule has 2 aliphatic rings. The predicted molar refractivity (Wildman–Crippen MR) is 68.3 cm³/mol. The molecule has 1 aliphatic carbocycles. The molecule has 1 heterocycles. The van der Waals surface area contributed by atoms with Gasteiger partial charge in [-0.1, -0.05) is 5.16 Å². The Morgan fingerprint density at radius 2 is 2.22 bits per heavy atom. The van der Waals surface area contributed by atoms with Crippen LogP contribution in [0.15, 0.2) is 5.16 Å². The molecule has 102 valence electrons. The molecule has 2 fully saturated rings. The summed E-state index contributed by atoms with van der Waals surface area (Å²) in [5.74, 6) is -0.0412. The molecular formula is C12H22N4O2. The summed E-state index contributed by atoms with van der Waals surface area (Å²) < 4.78 is 0. The van der Waals surface area contributed by atoms with Gasteiger partial charge in [-0.2, -0.15) is 0 Å². The van der Waals surface area contributed by atoms with Crippen LogP contribution in [0.2, 0.25) is 0 Å². The molecule has 1 aliphatic heterocycles. The summed E-state index contributed by atoms with van der Waals surface area (Å²) in [6.45, 7) is 3.15. The van der Waals surface area contributed by atoms with Crippen LogP contribution < -0.4 is 11.1 Å². The number of carbonyl (C=O) groups is 1. The van der Waals surface area contributed by atoms with Crippen molar-refractivity contribution in [3.8, 4) is 0 Å². The van der Waals surface area contributed by atoms with E-state index in [4.69, 9.17) is 10.9 Å². The third-order valence-electron chi connectivity index (χ3n) is 4.33. The molecule has 0 aromatic rings. The van der Waals surface area contributed by atoms with E-state index >= 15 is 0 Å². The lowest BCUT2D eigenvalue weighted by Crippen LogP contribution is -2.50. The molecule has 6 heteroatoms. The lowest BCUT2D eigenvalue weighted by atomic mass is 9.97. The molecule has 2 rings (SSSR count). The Kier molecular flexibility index (Phi) is 3.47. The largest absolute Gasteiger partial charge is 0.409 e. The predicted octanol–water partition coefficient (Wildman–Crippen LogP) is 0.112. The van der Waals surface area contributed by atoms with Crippen molar-refractivity contribution in [2.45, 2.75) is 44.7 Å². The number of oxime groups is 1. The van der Waals surface area contributed by atoms with E-state index in [1.165, 1.54) is 0 Å². The summed E-state index contributed by atoms with van der Waals surface area (Å²) in [7, 11) is 2.10. The topological polar surface area (TPSA) is 91.0 Å². The van der Waals surface area contributed by atoms with E-state index in [-0.39, 0.29) is 17.8 Å². The van der Waals surface area contributed by atoms with Gasteiger partial charge < -0.3 is 21.2 Å². The van der Waals surface area contributed by atoms with Crippen LogP contribution in [0.25, 0.3) is 0 Å². The van der Waals surface area contributed by atoms with Crippen LogP contribution in [0, 0.1) is 5.41 Å². The third-order valence-corrected chi connectivity index (χ3v) is 4.33. The number of amidine groups is 1. The Hall–Kier alpha value is -1.30. The number of amides is 1.